The minimum atomic E-state index is -0.398. The van der Waals surface area contributed by atoms with E-state index in [-0.39, 0.29) is 29.7 Å². The van der Waals surface area contributed by atoms with E-state index in [1.165, 1.54) is 13.3 Å². The van der Waals surface area contributed by atoms with Crippen molar-refractivity contribution in [3.05, 3.63) is 0 Å². The van der Waals surface area contributed by atoms with E-state index in [4.69, 9.17) is 0 Å². The van der Waals surface area contributed by atoms with Crippen LogP contribution in [0, 0.1) is 5.92 Å². The van der Waals surface area contributed by atoms with E-state index >= 15 is 0 Å². The molecular formula is C16H26N2O3. The van der Waals surface area contributed by atoms with Gasteiger partial charge in [0.15, 0.2) is 0 Å². The predicted octanol–water partition coefficient (Wildman–Crippen LogP) is 1.70. The molecule has 0 aromatic rings. The van der Waals surface area contributed by atoms with Gasteiger partial charge in [-0.25, -0.2) is 0 Å². The average molecular weight is 294 g/mol. The van der Waals surface area contributed by atoms with E-state index in [1.54, 1.807) is 0 Å². The molecule has 0 aromatic carbocycles. The van der Waals surface area contributed by atoms with Crippen LogP contribution in [0.2, 0.25) is 0 Å². The third-order valence-corrected chi connectivity index (χ3v) is 4.67. The van der Waals surface area contributed by atoms with Gasteiger partial charge in [-0.15, -0.1) is 0 Å². The third kappa shape index (κ3) is 4.83. The molecule has 2 aliphatic carbocycles. The molecule has 0 aliphatic heterocycles. The van der Waals surface area contributed by atoms with Crippen LogP contribution in [0.1, 0.15) is 64.7 Å². The molecule has 0 heterocycles. The molecule has 118 valence electrons. The van der Waals surface area contributed by atoms with Crippen LogP contribution in [0.25, 0.3) is 0 Å². The summed E-state index contributed by atoms with van der Waals surface area (Å²) in [5.74, 6) is -0.687. The molecule has 0 saturated heterocycles. The lowest BCUT2D eigenvalue weighted by molar-refractivity contribution is -0.141. The first kappa shape index (κ1) is 16.0. The van der Waals surface area contributed by atoms with Crippen LogP contribution < -0.4 is 10.6 Å². The van der Waals surface area contributed by atoms with Crippen molar-refractivity contribution in [1.29, 1.82) is 0 Å². The Labute approximate surface area is 126 Å². The van der Waals surface area contributed by atoms with Gasteiger partial charge in [-0.1, -0.05) is 19.3 Å². The van der Waals surface area contributed by atoms with Crippen molar-refractivity contribution in [1.82, 2.24) is 10.6 Å². The number of hydrogen-bond donors (Lipinski definition) is 2. The van der Waals surface area contributed by atoms with Gasteiger partial charge in [0.05, 0.1) is 0 Å². The lowest BCUT2D eigenvalue weighted by atomic mass is 9.85. The van der Waals surface area contributed by atoms with Crippen LogP contribution in [0.15, 0.2) is 0 Å². The molecule has 2 aliphatic rings. The number of carbonyl (C=O) groups is 3. The van der Waals surface area contributed by atoms with Gasteiger partial charge in [0.2, 0.25) is 11.7 Å². The summed E-state index contributed by atoms with van der Waals surface area (Å²) in [6, 6.07) is 0.291. The van der Waals surface area contributed by atoms with Gasteiger partial charge in [-0.2, -0.15) is 0 Å². The minimum absolute atomic E-state index is 0.00466. The van der Waals surface area contributed by atoms with E-state index in [2.05, 4.69) is 10.6 Å². The molecule has 0 radical (unpaired) electrons. The fraction of sp³-hybridized carbons (Fsp3) is 0.812. The molecule has 0 spiro atoms. The van der Waals surface area contributed by atoms with Crippen molar-refractivity contribution >= 4 is 17.6 Å². The molecule has 0 atom stereocenters. The van der Waals surface area contributed by atoms with E-state index < -0.39 is 5.91 Å². The highest BCUT2D eigenvalue weighted by molar-refractivity contribution is 6.37. The Morgan fingerprint density at radius 3 is 1.81 bits per heavy atom. The molecule has 2 N–H and O–H groups in total. The largest absolute Gasteiger partial charge is 0.354 e. The van der Waals surface area contributed by atoms with E-state index in [0.717, 1.165) is 51.4 Å². The second-order valence-electron chi connectivity index (χ2n) is 6.42. The number of hydrogen-bond acceptors (Lipinski definition) is 3. The van der Waals surface area contributed by atoms with E-state index in [0.29, 0.717) is 0 Å². The number of carbonyl (C=O) groups excluding carboxylic acids is 3. The summed E-state index contributed by atoms with van der Waals surface area (Å²) in [5, 5.41) is 5.80. The summed E-state index contributed by atoms with van der Waals surface area (Å²) in [4.78, 5) is 35.2. The fourth-order valence-corrected chi connectivity index (χ4v) is 3.48. The van der Waals surface area contributed by atoms with Crippen molar-refractivity contribution < 1.29 is 14.4 Å². The highest BCUT2D eigenvalue weighted by atomic mass is 16.2. The first-order valence-corrected chi connectivity index (χ1v) is 8.18. The number of rotatable bonds is 4. The average Bonchev–Trinajstić information content (AvgIpc) is 2.49. The molecule has 0 unspecified atom stereocenters. The van der Waals surface area contributed by atoms with Gasteiger partial charge in [-0.3, -0.25) is 14.4 Å². The van der Waals surface area contributed by atoms with Crippen molar-refractivity contribution in [2.75, 3.05) is 0 Å². The molecule has 5 heteroatoms. The molecule has 2 saturated carbocycles. The molecule has 0 bridgehead atoms. The summed E-state index contributed by atoms with van der Waals surface area (Å²) >= 11 is 0. The van der Waals surface area contributed by atoms with Crippen molar-refractivity contribution in [3.8, 4) is 0 Å². The maximum atomic E-state index is 12.1. The summed E-state index contributed by atoms with van der Waals surface area (Å²) in [5.41, 5.74) is 0. The molecule has 2 amide bonds. The Morgan fingerprint density at radius 1 is 0.762 bits per heavy atom. The Bertz CT molecular complexity index is 394. The Morgan fingerprint density at radius 2 is 1.29 bits per heavy atom. The lowest BCUT2D eigenvalue weighted by Crippen LogP contribution is -2.46. The zero-order valence-corrected chi connectivity index (χ0v) is 12.8. The number of nitrogens with one attached hydrogen (secondary N) is 2. The Kier molecular flexibility index (Phi) is 5.76. The van der Waals surface area contributed by atoms with Crippen LogP contribution in [0.5, 0.6) is 0 Å². The molecule has 21 heavy (non-hydrogen) atoms. The van der Waals surface area contributed by atoms with Crippen LogP contribution in [-0.4, -0.2) is 29.7 Å². The molecule has 0 aromatic heterocycles. The maximum Gasteiger partial charge on any atom is 0.287 e. The van der Waals surface area contributed by atoms with Crippen molar-refractivity contribution in [2.24, 2.45) is 5.92 Å². The molecule has 5 nitrogen and oxygen atoms in total. The summed E-state index contributed by atoms with van der Waals surface area (Å²) in [7, 11) is 0. The number of amides is 2. The van der Waals surface area contributed by atoms with E-state index in [1.807, 2.05) is 0 Å². The predicted molar refractivity (Wildman–Crippen MR) is 79.6 cm³/mol. The van der Waals surface area contributed by atoms with Crippen LogP contribution in [0.4, 0.5) is 0 Å². The summed E-state index contributed by atoms with van der Waals surface area (Å²) < 4.78 is 0. The maximum absolute atomic E-state index is 12.1. The second kappa shape index (κ2) is 7.57. The number of Topliss-reactive ketones (excluding diaryl/α,β-unsaturated/α-hetero) is 1. The van der Waals surface area contributed by atoms with Gasteiger partial charge in [0.25, 0.3) is 5.91 Å². The fourth-order valence-electron chi connectivity index (χ4n) is 3.48. The molecule has 2 fully saturated rings. The highest BCUT2D eigenvalue weighted by Crippen LogP contribution is 2.25. The zero-order valence-electron chi connectivity index (χ0n) is 12.8. The minimum Gasteiger partial charge on any atom is -0.354 e. The first-order valence-electron chi connectivity index (χ1n) is 8.18. The van der Waals surface area contributed by atoms with Gasteiger partial charge in [0, 0.05) is 24.9 Å². The SMILES string of the molecule is CC(=O)NC1CCC(NC(=O)C(=O)C2CCCCC2)CC1. The lowest BCUT2D eigenvalue weighted by Gasteiger charge is -2.29. The normalized spacial score (nSPS) is 26.9. The third-order valence-electron chi connectivity index (χ3n) is 4.67. The highest BCUT2D eigenvalue weighted by Gasteiger charge is 2.29. The van der Waals surface area contributed by atoms with Gasteiger partial charge >= 0.3 is 0 Å². The summed E-state index contributed by atoms with van der Waals surface area (Å²) in [6.45, 7) is 1.52. The topological polar surface area (TPSA) is 75.3 Å². The smallest absolute Gasteiger partial charge is 0.287 e. The van der Waals surface area contributed by atoms with Crippen LogP contribution >= 0.6 is 0 Å². The molecular weight excluding hydrogens is 268 g/mol. The van der Waals surface area contributed by atoms with Gasteiger partial charge in [0.1, 0.15) is 0 Å². The Hall–Kier alpha value is -1.39. The van der Waals surface area contributed by atoms with Gasteiger partial charge < -0.3 is 10.6 Å². The Balaban J connectivity index is 1.73. The molecule has 2 rings (SSSR count). The standard InChI is InChI=1S/C16H26N2O3/c1-11(19)17-13-7-9-14(10-8-13)18-16(21)15(20)12-5-3-2-4-6-12/h12-14H,2-10H2,1H3,(H,17,19)(H,18,21). The summed E-state index contributed by atoms with van der Waals surface area (Å²) in [6.07, 6.45) is 8.41. The quantitative estimate of drug-likeness (QED) is 0.775. The second-order valence-corrected chi connectivity index (χ2v) is 6.42. The van der Waals surface area contributed by atoms with Gasteiger partial charge in [-0.05, 0) is 38.5 Å². The van der Waals surface area contributed by atoms with Crippen molar-refractivity contribution in [3.63, 3.8) is 0 Å². The zero-order chi connectivity index (χ0) is 15.2. The monoisotopic (exact) mass is 294 g/mol. The van der Waals surface area contributed by atoms with Crippen LogP contribution in [-0.2, 0) is 14.4 Å². The van der Waals surface area contributed by atoms with E-state index in [9.17, 15) is 14.4 Å². The van der Waals surface area contributed by atoms with Crippen LogP contribution in [0.3, 0.4) is 0 Å². The van der Waals surface area contributed by atoms with Crippen molar-refractivity contribution in [2.45, 2.75) is 76.8 Å². The number of ketones is 1. The first-order chi connectivity index (χ1) is 10.1.